The Morgan fingerprint density at radius 1 is 1.26 bits per heavy atom. The zero-order valence-electron chi connectivity index (χ0n) is 14.4. The number of ether oxygens (including phenoxy) is 1. The lowest BCUT2D eigenvalue weighted by Crippen LogP contribution is -2.41. The van der Waals surface area contributed by atoms with Gasteiger partial charge in [0.15, 0.2) is 6.61 Å². The summed E-state index contributed by atoms with van der Waals surface area (Å²) in [5.74, 6) is 1.70. The topological polar surface area (TPSA) is 41.6 Å². The Labute approximate surface area is 146 Å². The number of hydrogen-bond donors (Lipinski definition) is 1. The number of rotatable bonds is 6. The third-order valence-electron chi connectivity index (χ3n) is 4.52. The number of para-hydroxylation sites is 1. The predicted octanol–water partition coefficient (Wildman–Crippen LogP) is 2.95. The summed E-state index contributed by atoms with van der Waals surface area (Å²) in [4.78, 5) is 14.3. The van der Waals surface area contributed by atoms with Crippen molar-refractivity contribution in [1.29, 1.82) is 0 Å². The number of hydrogen-bond acceptors (Lipinski definition) is 3. The monoisotopic (exact) mass is 340 g/mol. The van der Waals surface area contributed by atoms with Crippen LogP contribution in [0.4, 0.5) is 0 Å². The number of likely N-dealkylation sites (tertiary alicyclic amines) is 1. The van der Waals surface area contributed by atoms with Gasteiger partial charge in [0.2, 0.25) is 0 Å². The number of halogens is 1. The van der Waals surface area contributed by atoms with Crippen LogP contribution in [0.25, 0.3) is 0 Å². The van der Waals surface area contributed by atoms with Gasteiger partial charge >= 0.3 is 0 Å². The van der Waals surface area contributed by atoms with Crippen molar-refractivity contribution in [2.45, 2.75) is 33.1 Å². The number of nitrogens with zero attached hydrogens (tertiary/aromatic N) is 1. The van der Waals surface area contributed by atoms with Gasteiger partial charge in [-0.2, -0.15) is 0 Å². The second-order valence-corrected chi connectivity index (χ2v) is 6.23. The molecule has 23 heavy (non-hydrogen) atoms. The lowest BCUT2D eigenvalue weighted by atomic mass is 9.93. The SMILES string of the molecule is CNCCC1CCN(C(=O)COc2c(C)cccc2C)CC1.Cl. The van der Waals surface area contributed by atoms with Gasteiger partial charge in [-0.3, -0.25) is 4.79 Å². The van der Waals surface area contributed by atoms with Crippen LogP contribution >= 0.6 is 12.4 Å². The van der Waals surface area contributed by atoms with E-state index in [9.17, 15) is 4.79 Å². The van der Waals surface area contributed by atoms with Crippen LogP contribution in [0.1, 0.15) is 30.4 Å². The van der Waals surface area contributed by atoms with E-state index in [0.29, 0.717) is 0 Å². The van der Waals surface area contributed by atoms with Crippen LogP contribution in [0.2, 0.25) is 0 Å². The second-order valence-electron chi connectivity index (χ2n) is 6.23. The van der Waals surface area contributed by atoms with Crippen molar-refractivity contribution >= 4 is 18.3 Å². The second kappa shape index (κ2) is 9.78. The molecule has 1 fully saturated rings. The summed E-state index contributed by atoms with van der Waals surface area (Å²) in [7, 11) is 1.99. The maximum atomic E-state index is 12.3. The highest BCUT2D eigenvalue weighted by Crippen LogP contribution is 2.23. The molecule has 1 amide bonds. The minimum absolute atomic E-state index is 0. The first kappa shape index (κ1) is 19.8. The normalized spacial score (nSPS) is 15.2. The first-order valence-electron chi connectivity index (χ1n) is 8.23. The van der Waals surface area contributed by atoms with Gasteiger partial charge in [0, 0.05) is 13.1 Å². The fourth-order valence-corrected chi connectivity index (χ4v) is 3.07. The van der Waals surface area contributed by atoms with Crippen molar-refractivity contribution in [1.82, 2.24) is 10.2 Å². The molecule has 1 aliphatic heterocycles. The summed E-state index contributed by atoms with van der Waals surface area (Å²) in [5, 5.41) is 3.20. The molecule has 1 aromatic carbocycles. The maximum Gasteiger partial charge on any atom is 0.260 e. The average molecular weight is 341 g/mol. The van der Waals surface area contributed by atoms with Gasteiger partial charge in [0.25, 0.3) is 5.91 Å². The molecule has 0 atom stereocenters. The molecule has 0 aromatic heterocycles. The average Bonchev–Trinajstić information content (AvgIpc) is 2.52. The van der Waals surface area contributed by atoms with Gasteiger partial charge in [0.1, 0.15) is 5.75 Å². The number of nitrogens with one attached hydrogen (secondary N) is 1. The minimum Gasteiger partial charge on any atom is -0.483 e. The summed E-state index contributed by atoms with van der Waals surface area (Å²) in [5.41, 5.74) is 2.16. The zero-order chi connectivity index (χ0) is 15.9. The van der Waals surface area contributed by atoms with Crippen LogP contribution in [-0.4, -0.2) is 44.1 Å². The van der Waals surface area contributed by atoms with Gasteiger partial charge in [0.05, 0.1) is 0 Å². The molecule has 0 radical (unpaired) electrons. The van der Waals surface area contributed by atoms with Crippen LogP contribution in [0.5, 0.6) is 5.75 Å². The summed E-state index contributed by atoms with van der Waals surface area (Å²) in [6, 6.07) is 6.04. The minimum atomic E-state index is 0. The smallest absolute Gasteiger partial charge is 0.260 e. The Morgan fingerprint density at radius 3 is 2.43 bits per heavy atom. The molecule has 1 N–H and O–H groups in total. The van der Waals surface area contributed by atoms with Crippen molar-refractivity contribution in [3.8, 4) is 5.75 Å². The molecule has 5 heteroatoms. The van der Waals surface area contributed by atoms with Gasteiger partial charge in [-0.25, -0.2) is 0 Å². The summed E-state index contributed by atoms with van der Waals surface area (Å²) >= 11 is 0. The number of carbonyl (C=O) groups is 1. The van der Waals surface area contributed by atoms with E-state index in [4.69, 9.17) is 4.74 Å². The molecule has 0 unspecified atom stereocenters. The Bertz CT molecular complexity index is 480. The molecular weight excluding hydrogens is 312 g/mol. The first-order chi connectivity index (χ1) is 10.6. The molecule has 130 valence electrons. The Hall–Kier alpha value is -1.26. The Balaban J connectivity index is 0.00000264. The lowest BCUT2D eigenvalue weighted by molar-refractivity contribution is -0.134. The summed E-state index contributed by atoms with van der Waals surface area (Å²) in [6.07, 6.45) is 3.42. The Morgan fingerprint density at radius 2 is 1.87 bits per heavy atom. The van der Waals surface area contributed by atoms with Crippen molar-refractivity contribution in [2.24, 2.45) is 5.92 Å². The van der Waals surface area contributed by atoms with E-state index in [1.165, 1.54) is 6.42 Å². The van der Waals surface area contributed by atoms with E-state index < -0.39 is 0 Å². The highest BCUT2D eigenvalue weighted by atomic mass is 35.5. The number of carbonyl (C=O) groups excluding carboxylic acids is 1. The molecular formula is C18H29ClN2O2. The number of amides is 1. The van der Waals surface area contributed by atoms with Crippen LogP contribution in [0.3, 0.4) is 0 Å². The zero-order valence-corrected chi connectivity index (χ0v) is 15.2. The van der Waals surface area contributed by atoms with E-state index in [2.05, 4.69) is 5.32 Å². The fraction of sp³-hybridized carbons (Fsp3) is 0.611. The van der Waals surface area contributed by atoms with Gasteiger partial charge in [-0.05, 0) is 63.7 Å². The third-order valence-corrected chi connectivity index (χ3v) is 4.52. The summed E-state index contributed by atoms with van der Waals surface area (Å²) < 4.78 is 5.77. The number of aryl methyl sites for hydroxylation is 2. The van der Waals surface area contributed by atoms with Crippen LogP contribution in [0.15, 0.2) is 18.2 Å². The number of benzene rings is 1. The molecule has 1 saturated heterocycles. The molecule has 0 aliphatic carbocycles. The molecule has 0 bridgehead atoms. The quantitative estimate of drug-likeness (QED) is 0.865. The third kappa shape index (κ3) is 5.70. The van der Waals surface area contributed by atoms with E-state index in [1.807, 2.05) is 44.0 Å². The van der Waals surface area contributed by atoms with E-state index in [0.717, 1.165) is 55.3 Å². The maximum absolute atomic E-state index is 12.3. The molecule has 1 heterocycles. The van der Waals surface area contributed by atoms with E-state index in [1.54, 1.807) is 0 Å². The molecule has 1 aliphatic rings. The van der Waals surface area contributed by atoms with Gasteiger partial charge in [-0.15, -0.1) is 12.4 Å². The predicted molar refractivity (Wildman–Crippen MR) is 96.5 cm³/mol. The molecule has 1 aromatic rings. The van der Waals surface area contributed by atoms with Gasteiger partial charge in [-0.1, -0.05) is 18.2 Å². The fourth-order valence-electron chi connectivity index (χ4n) is 3.07. The Kier molecular flexibility index (Phi) is 8.42. The molecule has 0 spiro atoms. The standard InChI is InChI=1S/C18H28N2O2.ClH/c1-14-5-4-6-15(2)18(14)22-13-17(21)20-11-8-16(9-12-20)7-10-19-3;/h4-6,16,19H,7-13H2,1-3H3;1H. The summed E-state index contributed by atoms with van der Waals surface area (Å²) in [6.45, 7) is 6.97. The largest absolute Gasteiger partial charge is 0.483 e. The highest BCUT2D eigenvalue weighted by Gasteiger charge is 2.22. The van der Waals surface area contributed by atoms with E-state index in [-0.39, 0.29) is 24.9 Å². The van der Waals surface area contributed by atoms with Crippen molar-refractivity contribution < 1.29 is 9.53 Å². The van der Waals surface area contributed by atoms with Crippen LogP contribution < -0.4 is 10.1 Å². The first-order valence-corrected chi connectivity index (χ1v) is 8.23. The molecule has 0 saturated carbocycles. The van der Waals surface area contributed by atoms with Crippen molar-refractivity contribution in [3.63, 3.8) is 0 Å². The highest BCUT2D eigenvalue weighted by molar-refractivity contribution is 5.85. The van der Waals surface area contributed by atoms with Gasteiger partial charge < -0.3 is 15.0 Å². The van der Waals surface area contributed by atoms with Crippen LogP contribution in [0, 0.1) is 19.8 Å². The molecule has 4 nitrogen and oxygen atoms in total. The van der Waals surface area contributed by atoms with Crippen molar-refractivity contribution in [3.05, 3.63) is 29.3 Å². The lowest BCUT2D eigenvalue weighted by Gasteiger charge is -2.32. The van der Waals surface area contributed by atoms with Crippen molar-refractivity contribution in [2.75, 3.05) is 33.3 Å². The number of piperidine rings is 1. The van der Waals surface area contributed by atoms with Crippen LogP contribution in [-0.2, 0) is 4.79 Å². The molecule has 2 rings (SSSR count). The van der Waals surface area contributed by atoms with E-state index >= 15 is 0 Å².